The Morgan fingerprint density at radius 3 is 2.55 bits per heavy atom. The highest BCUT2D eigenvalue weighted by Crippen LogP contribution is 2.33. The van der Waals surface area contributed by atoms with E-state index in [0.717, 1.165) is 18.7 Å². The van der Waals surface area contributed by atoms with Crippen molar-refractivity contribution in [2.24, 2.45) is 0 Å². The minimum atomic E-state index is -4.44. The van der Waals surface area contributed by atoms with Gasteiger partial charge in [0, 0.05) is 22.6 Å². The summed E-state index contributed by atoms with van der Waals surface area (Å²) in [6.45, 7) is 4.48. The number of amides is 1. The smallest absolute Gasteiger partial charge is 0.326 e. The molecule has 0 radical (unpaired) electrons. The van der Waals surface area contributed by atoms with Gasteiger partial charge in [0.2, 0.25) is 5.91 Å². The Hall–Kier alpha value is -1.08. The predicted octanol–water partition coefficient (Wildman–Crippen LogP) is 3.79. The number of hydrogen-bond acceptors (Lipinski definition) is 2. The molecule has 0 saturated heterocycles. The van der Waals surface area contributed by atoms with Gasteiger partial charge < -0.3 is 10.6 Å². The van der Waals surface area contributed by atoms with Crippen LogP contribution in [0.1, 0.15) is 25.8 Å². The van der Waals surface area contributed by atoms with Gasteiger partial charge in [-0.2, -0.15) is 13.2 Å². The molecule has 112 valence electrons. The van der Waals surface area contributed by atoms with Gasteiger partial charge in [0.15, 0.2) is 0 Å². The molecule has 0 fully saturated rings. The zero-order chi connectivity index (χ0) is 15.3. The molecule has 0 aliphatic carbocycles. The van der Waals surface area contributed by atoms with Gasteiger partial charge in [-0.3, -0.25) is 4.79 Å². The van der Waals surface area contributed by atoms with Crippen molar-refractivity contribution in [3.8, 4) is 0 Å². The summed E-state index contributed by atoms with van der Waals surface area (Å²) in [5, 5.41) is 5.53. The van der Waals surface area contributed by atoms with Crippen LogP contribution in [0, 0.1) is 0 Å². The van der Waals surface area contributed by atoms with Crippen LogP contribution in [-0.2, 0) is 11.0 Å². The molecule has 1 aromatic carbocycles. The van der Waals surface area contributed by atoms with Crippen molar-refractivity contribution in [2.75, 3.05) is 11.9 Å². The summed E-state index contributed by atoms with van der Waals surface area (Å²) >= 11 is 3.01. The molecule has 0 aliphatic heterocycles. The van der Waals surface area contributed by atoms with Crippen LogP contribution in [0.2, 0.25) is 0 Å². The van der Waals surface area contributed by atoms with Crippen molar-refractivity contribution in [3.63, 3.8) is 0 Å². The first-order valence-corrected chi connectivity index (χ1v) is 6.92. The third-order valence-electron chi connectivity index (χ3n) is 2.55. The molecule has 0 spiro atoms. The standard InChI is InChI=1S/C13H16BrF3N2O/c1-3-18-8(2)4-12(20)19-11-6-9(13(15,16)17)5-10(14)7-11/h5-8,18H,3-4H2,1-2H3,(H,19,20). The normalized spacial score (nSPS) is 13.1. The molecule has 1 unspecified atom stereocenters. The topological polar surface area (TPSA) is 41.1 Å². The Morgan fingerprint density at radius 1 is 1.35 bits per heavy atom. The van der Waals surface area contributed by atoms with Gasteiger partial charge in [0.1, 0.15) is 0 Å². The highest BCUT2D eigenvalue weighted by molar-refractivity contribution is 9.10. The van der Waals surface area contributed by atoms with Gasteiger partial charge in [0.05, 0.1) is 5.56 Å². The lowest BCUT2D eigenvalue weighted by Crippen LogP contribution is -2.30. The summed E-state index contributed by atoms with van der Waals surface area (Å²) in [5.41, 5.74) is -0.678. The van der Waals surface area contributed by atoms with Crippen molar-refractivity contribution in [1.29, 1.82) is 0 Å². The van der Waals surface area contributed by atoms with Crippen molar-refractivity contribution in [1.82, 2.24) is 5.32 Å². The molecule has 0 bridgehead atoms. The first-order chi connectivity index (χ1) is 9.22. The number of carbonyl (C=O) groups is 1. The largest absolute Gasteiger partial charge is 0.416 e. The Kier molecular flexibility index (Phi) is 6.01. The van der Waals surface area contributed by atoms with Gasteiger partial charge in [-0.25, -0.2) is 0 Å². The summed E-state index contributed by atoms with van der Waals surface area (Å²) in [6.07, 6.45) is -4.25. The van der Waals surface area contributed by atoms with Crippen LogP contribution < -0.4 is 10.6 Å². The van der Waals surface area contributed by atoms with Crippen molar-refractivity contribution in [3.05, 3.63) is 28.2 Å². The molecule has 1 rings (SSSR count). The van der Waals surface area contributed by atoms with Crippen LogP contribution in [0.15, 0.2) is 22.7 Å². The van der Waals surface area contributed by atoms with Gasteiger partial charge in [-0.05, 0) is 31.7 Å². The minimum Gasteiger partial charge on any atom is -0.326 e. The summed E-state index contributed by atoms with van der Waals surface area (Å²) in [4.78, 5) is 11.7. The first-order valence-electron chi connectivity index (χ1n) is 6.13. The van der Waals surface area contributed by atoms with E-state index in [0.29, 0.717) is 0 Å². The Morgan fingerprint density at radius 2 is 2.00 bits per heavy atom. The SMILES string of the molecule is CCNC(C)CC(=O)Nc1cc(Br)cc(C(F)(F)F)c1. The fourth-order valence-corrected chi connectivity index (χ4v) is 2.23. The zero-order valence-electron chi connectivity index (χ0n) is 11.1. The Labute approximate surface area is 124 Å². The lowest BCUT2D eigenvalue weighted by Gasteiger charge is -2.14. The van der Waals surface area contributed by atoms with Crippen molar-refractivity contribution >= 4 is 27.5 Å². The monoisotopic (exact) mass is 352 g/mol. The lowest BCUT2D eigenvalue weighted by molar-refractivity contribution is -0.137. The number of carbonyl (C=O) groups excluding carboxylic acids is 1. The van der Waals surface area contributed by atoms with Crippen LogP contribution in [-0.4, -0.2) is 18.5 Å². The first kappa shape index (κ1) is 17.0. The van der Waals surface area contributed by atoms with Gasteiger partial charge in [-0.1, -0.05) is 22.9 Å². The van der Waals surface area contributed by atoms with E-state index < -0.39 is 11.7 Å². The number of halogens is 4. The van der Waals surface area contributed by atoms with E-state index in [-0.39, 0.29) is 28.5 Å². The van der Waals surface area contributed by atoms with E-state index in [4.69, 9.17) is 0 Å². The second kappa shape index (κ2) is 7.08. The molecule has 0 aliphatic rings. The summed E-state index contributed by atoms with van der Waals surface area (Å²) < 4.78 is 38.2. The average Bonchev–Trinajstić information content (AvgIpc) is 2.26. The number of anilines is 1. The highest BCUT2D eigenvalue weighted by atomic mass is 79.9. The maximum Gasteiger partial charge on any atom is 0.416 e. The van der Waals surface area contributed by atoms with E-state index in [1.165, 1.54) is 6.07 Å². The highest BCUT2D eigenvalue weighted by Gasteiger charge is 2.31. The van der Waals surface area contributed by atoms with E-state index >= 15 is 0 Å². The number of alkyl halides is 3. The van der Waals surface area contributed by atoms with Crippen LogP contribution in [0.4, 0.5) is 18.9 Å². The number of rotatable bonds is 5. The molecule has 0 saturated carbocycles. The Bertz CT molecular complexity index is 477. The number of hydrogen-bond donors (Lipinski definition) is 2. The predicted molar refractivity (Wildman–Crippen MR) is 75.5 cm³/mol. The van der Waals surface area contributed by atoms with Crippen molar-refractivity contribution in [2.45, 2.75) is 32.5 Å². The molecular formula is C13H16BrF3N2O. The van der Waals surface area contributed by atoms with E-state index in [9.17, 15) is 18.0 Å². The summed E-state index contributed by atoms with van der Waals surface area (Å²) in [5.74, 6) is -0.329. The number of benzene rings is 1. The quantitative estimate of drug-likeness (QED) is 0.846. The summed E-state index contributed by atoms with van der Waals surface area (Å²) in [7, 11) is 0. The molecule has 0 heterocycles. The van der Waals surface area contributed by atoms with E-state index in [1.807, 2.05) is 13.8 Å². The molecule has 20 heavy (non-hydrogen) atoms. The van der Waals surface area contributed by atoms with Gasteiger partial charge >= 0.3 is 6.18 Å². The van der Waals surface area contributed by atoms with Gasteiger partial charge in [0.25, 0.3) is 0 Å². The average molecular weight is 353 g/mol. The third-order valence-corrected chi connectivity index (χ3v) is 3.01. The van der Waals surface area contributed by atoms with Crippen LogP contribution in [0.25, 0.3) is 0 Å². The second-order valence-electron chi connectivity index (χ2n) is 4.44. The van der Waals surface area contributed by atoms with E-state index in [1.54, 1.807) is 0 Å². The molecular weight excluding hydrogens is 337 g/mol. The van der Waals surface area contributed by atoms with Crippen LogP contribution in [0.5, 0.6) is 0 Å². The number of nitrogens with one attached hydrogen (secondary N) is 2. The van der Waals surface area contributed by atoms with Crippen LogP contribution in [0.3, 0.4) is 0 Å². The molecule has 1 atom stereocenters. The second-order valence-corrected chi connectivity index (χ2v) is 5.35. The fourth-order valence-electron chi connectivity index (χ4n) is 1.74. The minimum absolute atomic E-state index is 0.0331. The molecule has 0 aromatic heterocycles. The van der Waals surface area contributed by atoms with Crippen LogP contribution >= 0.6 is 15.9 Å². The fraction of sp³-hybridized carbons (Fsp3) is 0.462. The molecule has 7 heteroatoms. The molecule has 3 nitrogen and oxygen atoms in total. The molecule has 1 aromatic rings. The van der Waals surface area contributed by atoms with Crippen molar-refractivity contribution < 1.29 is 18.0 Å². The summed E-state index contributed by atoms with van der Waals surface area (Å²) in [6, 6.07) is 3.29. The molecule has 1 amide bonds. The maximum absolute atomic E-state index is 12.7. The Balaban J connectivity index is 2.77. The lowest BCUT2D eigenvalue weighted by atomic mass is 10.1. The molecule has 2 N–H and O–H groups in total. The maximum atomic E-state index is 12.7. The van der Waals surface area contributed by atoms with E-state index in [2.05, 4.69) is 26.6 Å². The van der Waals surface area contributed by atoms with Gasteiger partial charge in [-0.15, -0.1) is 0 Å². The zero-order valence-corrected chi connectivity index (χ0v) is 12.7. The third kappa shape index (κ3) is 5.50.